The van der Waals surface area contributed by atoms with E-state index in [4.69, 9.17) is 4.74 Å². The number of H-pyrrole nitrogens is 1. The van der Waals surface area contributed by atoms with Gasteiger partial charge < -0.3 is 4.74 Å². The van der Waals surface area contributed by atoms with Crippen molar-refractivity contribution in [3.05, 3.63) is 41.7 Å². The van der Waals surface area contributed by atoms with Gasteiger partial charge >= 0.3 is 0 Å². The summed E-state index contributed by atoms with van der Waals surface area (Å²) >= 11 is 0. The highest BCUT2D eigenvalue weighted by atomic mass is 32.2. The van der Waals surface area contributed by atoms with Crippen LogP contribution in [0.3, 0.4) is 0 Å². The van der Waals surface area contributed by atoms with Crippen LogP contribution in [0, 0.1) is 6.92 Å². The molecule has 0 radical (unpaired) electrons. The minimum absolute atomic E-state index is 0.187. The molecule has 2 aromatic rings. The Labute approximate surface area is 124 Å². The number of hydrogen-bond donors (Lipinski definition) is 1. The SMILES string of the molecule is COc1ccccc1C(C)N(C)S(=O)(=O)c1cn[nH]c1C. The van der Waals surface area contributed by atoms with E-state index in [9.17, 15) is 8.42 Å². The smallest absolute Gasteiger partial charge is 0.246 e. The molecule has 0 aliphatic rings. The van der Waals surface area contributed by atoms with Gasteiger partial charge in [0.05, 0.1) is 25.0 Å². The van der Waals surface area contributed by atoms with Crippen LogP contribution in [-0.2, 0) is 10.0 Å². The third-order valence-electron chi connectivity index (χ3n) is 3.58. The zero-order chi connectivity index (χ0) is 15.6. The summed E-state index contributed by atoms with van der Waals surface area (Å²) in [6.07, 6.45) is 1.33. The molecule has 0 spiro atoms. The molecule has 1 N–H and O–H groups in total. The highest BCUT2D eigenvalue weighted by Crippen LogP contribution is 2.31. The maximum Gasteiger partial charge on any atom is 0.246 e. The van der Waals surface area contributed by atoms with Crippen molar-refractivity contribution in [1.82, 2.24) is 14.5 Å². The van der Waals surface area contributed by atoms with Gasteiger partial charge in [0.1, 0.15) is 10.6 Å². The van der Waals surface area contributed by atoms with Crippen molar-refractivity contribution in [2.75, 3.05) is 14.2 Å². The number of methoxy groups -OCH3 is 1. The van der Waals surface area contributed by atoms with Crippen LogP contribution in [0.25, 0.3) is 0 Å². The Morgan fingerprint density at radius 3 is 2.57 bits per heavy atom. The van der Waals surface area contributed by atoms with Gasteiger partial charge in [-0.1, -0.05) is 18.2 Å². The van der Waals surface area contributed by atoms with E-state index in [1.165, 1.54) is 10.5 Å². The molecular formula is C14H19N3O3S. The maximum atomic E-state index is 12.7. The average Bonchev–Trinajstić information content (AvgIpc) is 2.92. The molecule has 0 saturated heterocycles. The van der Waals surface area contributed by atoms with Crippen LogP contribution in [0.4, 0.5) is 0 Å². The lowest BCUT2D eigenvalue weighted by molar-refractivity contribution is 0.367. The number of hydrogen-bond acceptors (Lipinski definition) is 4. The molecule has 21 heavy (non-hydrogen) atoms. The summed E-state index contributed by atoms with van der Waals surface area (Å²) in [6.45, 7) is 3.51. The molecule has 1 aromatic heterocycles. The lowest BCUT2D eigenvalue weighted by Crippen LogP contribution is -2.30. The first-order valence-electron chi connectivity index (χ1n) is 6.50. The first-order chi connectivity index (χ1) is 9.89. The fraction of sp³-hybridized carbons (Fsp3) is 0.357. The van der Waals surface area contributed by atoms with Crippen molar-refractivity contribution in [2.24, 2.45) is 0 Å². The van der Waals surface area contributed by atoms with Crippen LogP contribution in [0.5, 0.6) is 5.75 Å². The fourth-order valence-corrected chi connectivity index (χ4v) is 3.63. The third kappa shape index (κ3) is 2.79. The number of aromatic nitrogens is 2. The van der Waals surface area contributed by atoms with Crippen molar-refractivity contribution in [3.63, 3.8) is 0 Å². The summed E-state index contributed by atoms with van der Waals surface area (Å²) in [5.41, 5.74) is 1.33. The summed E-state index contributed by atoms with van der Waals surface area (Å²) in [4.78, 5) is 0.187. The van der Waals surface area contributed by atoms with Gasteiger partial charge in [-0.25, -0.2) is 8.42 Å². The average molecular weight is 309 g/mol. The lowest BCUT2D eigenvalue weighted by atomic mass is 10.1. The Balaban J connectivity index is 2.40. The molecule has 0 amide bonds. The Bertz CT molecular complexity index is 725. The number of para-hydroxylation sites is 1. The summed E-state index contributed by atoms with van der Waals surface area (Å²) in [5, 5.41) is 6.43. The van der Waals surface area contributed by atoms with Gasteiger partial charge in [0.2, 0.25) is 10.0 Å². The molecule has 114 valence electrons. The zero-order valence-corrected chi connectivity index (χ0v) is 13.3. The summed E-state index contributed by atoms with van der Waals surface area (Å²) in [5.74, 6) is 0.663. The minimum atomic E-state index is -3.61. The van der Waals surface area contributed by atoms with Gasteiger partial charge in [-0.3, -0.25) is 5.10 Å². The second-order valence-corrected chi connectivity index (χ2v) is 6.76. The molecule has 1 aromatic carbocycles. The molecule has 6 nitrogen and oxygen atoms in total. The highest BCUT2D eigenvalue weighted by molar-refractivity contribution is 7.89. The van der Waals surface area contributed by atoms with Crippen molar-refractivity contribution < 1.29 is 13.2 Å². The molecule has 1 heterocycles. The standard InChI is InChI=1S/C14H19N3O3S/c1-10-14(9-15-16-10)21(18,19)17(3)11(2)12-7-5-6-8-13(12)20-4/h5-9,11H,1-4H3,(H,15,16). The van der Waals surface area contributed by atoms with Gasteiger partial charge in [0.25, 0.3) is 0 Å². The van der Waals surface area contributed by atoms with Crippen LogP contribution in [0.15, 0.2) is 35.4 Å². The summed E-state index contributed by atoms with van der Waals surface area (Å²) in [7, 11) is -0.490. The van der Waals surface area contributed by atoms with Crippen molar-refractivity contribution >= 4 is 10.0 Å². The van der Waals surface area contributed by atoms with Gasteiger partial charge in [-0.15, -0.1) is 0 Å². The monoisotopic (exact) mass is 309 g/mol. The number of rotatable bonds is 5. The predicted molar refractivity (Wildman–Crippen MR) is 79.7 cm³/mol. The van der Waals surface area contributed by atoms with Crippen LogP contribution >= 0.6 is 0 Å². The first kappa shape index (κ1) is 15.5. The first-order valence-corrected chi connectivity index (χ1v) is 7.94. The second-order valence-electron chi connectivity index (χ2n) is 4.80. The molecule has 0 aliphatic carbocycles. The molecule has 7 heteroatoms. The van der Waals surface area contributed by atoms with Crippen LogP contribution in [0.1, 0.15) is 24.2 Å². The highest BCUT2D eigenvalue weighted by Gasteiger charge is 2.29. The largest absolute Gasteiger partial charge is 0.496 e. The molecule has 0 saturated carbocycles. The summed E-state index contributed by atoms with van der Waals surface area (Å²) < 4.78 is 31.9. The Hall–Kier alpha value is -1.86. The van der Waals surface area contributed by atoms with E-state index < -0.39 is 10.0 Å². The number of benzene rings is 1. The molecule has 1 atom stereocenters. The molecule has 0 aliphatic heterocycles. The predicted octanol–water partition coefficient (Wildman–Crippen LogP) is 2.11. The number of ether oxygens (including phenoxy) is 1. The number of nitrogens with one attached hydrogen (secondary N) is 1. The van der Waals surface area contributed by atoms with E-state index in [1.807, 2.05) is 31.2 Å². The maximum absolute atomic E-state index is 12.7. The molecule has 0 fully saturated rings. The van der Waals surface area contributed by atoms with E-state index in [1.54, 1.807) is 21.1 Å². The topological polar surface area (TPSA) is 75.3 Å². The van der Waals surface area contributed by atoms with E-state index in [0.29, 0.717) is 11.4 Å². The molecule has 0 bridgehead atoms. The lowest BCUT2D eigenvalue weighted by Gasteiger charge is -2.25. The Kier molecular flexibility index (Phi) is 4.34. The van der Waals surface area contributed by atoms with Crippen LogP contribution in [0.2, 0.25) is 0 Å². The van der Waals surface area contributed by atoms with Gasteiger partial charge in [0, 0.05) is 12.6 Å². The van der Waals surface area contributed by atoms with Crippen molar-refractivity contribution in [2.45, 2.75) is 24.8 Å². The Morgan fingerprint density at radius 2 is 2.00 bits per heavy atom. The Morgan fingerprint density at radius 1 is 1.33 bits per heavy atom. The minimum Gasteiger partial charge on any atom is -0.496 e. The van der Waals surface area contributed by atoms with Gasteiger partial charge in [-0.2, -0.15) is 9.40 Å². The number of nitrogens with zero attached hydrogens (tertiary/aromatic N) is 2. The third-order valence-corrected chi connectivity index (χ3v) is 5.62. The van der Waals surface area contributed by atoms with Crippen LogP contribution < -0.4 is 4.74 Å². The fourth-order valence-electron chi connectivity index (χ4n) is 2.17. The van der Waals surface area contributed by atoms with Crippen molar-refractivity contribution in [1.29, 1.82) is 0 Å². The number of aromatic amines is 1. The van der Waals surface area contributed by atoms with E-state index in [-0.39, 0.29) is 10.9 Å². The van der Waals surface area contributed by atoms with E-state index in [2.05, 4.69) is 10.2 Å². The van der Waals surface area contributed by atoms with E-state index >= 15 is 0 Å². The molecule has 2 rings (SSSR count). The summed E-state index contributed by atoms with van der Waals surface area (Å²) in [6, 6.07) is 7.02. The number of aryl methyl sites for hydroxylation is 1. The van der Waals surface area contributed by atoms with Gasteiger partial charge in [0.15, 0.2) is 0 Å². The molecular weight excluding hydrogens is 290 g/mol. The number of sulfonamides is 1. The molecule has 1 unspecified atom stereocenters. The normalized spacial score (nSPS) is 13.4. The van der Waals surface area contributed by atoms with Crippen LogP contribution in [-0.4, -0.2) is 37.1 Å². The quantitative estimate of drug-likeness (QED) is 0.918. The van der Waals surface area contributed by atoms with E-state index in [0.717, 1.165) is 5.56 Å². The second kappa shape index (κ2) is 5.87. The van der Waals surface area contributed by atoms with Crippen molar-refractivity contribution in [3.8, 4) is 5.75 Å². The zero-order valence-electron chi connectivity index (χ0n) is 12.5. The van der Waals surface area contributed by atoms with Gasteiger partial charge in [-0.05, 0) is 19.9 Å².